The number of hydrogen-bond donors (Lipinski definition) is 1. The molecule has 104 valence electrons. The van der Waals surface area contributed by atoms with E-state index in [0.717, 1.165) is 19.4 Å². The fourth-order valence-electron chi connectivity index (χ4n) is 1.96. The number of rotatable bonds is 5. The first kappa shape index (κ1) is 13.6. The van der Waals surface area contributed by atoms with Crippen molar-refractivity contribution in [2.75, 3.05) is 19.8 Å². The molecule has 1 aromatic rings. The molecule has 2 heterocycles. The Hall–Kier alpha value is -1.82. The first-order valence-corrected chi connectivity index (χ1v) is 6.33. The predicted molar refractivity (Wildman–Crippen MR) is 67.7 cm³/mol. The molecule has 1 N–H and O–H groups in total. The van der Waals surface area contributed by atoms with Gasteiger partial charge in [-0.1, -0.05) is 0 Å². The molecule has 1 fully saturated rings. The SMILES string of the molecule is Cn1cccc1C(=O)OCC(=O)NCC1CCCO1. The quantitative estimate of drug-likeness (QED) is 0.787. The van der Waals surface area contributed by atoms with Crippen LogP contribution in [-0.2, 0) is 21.3 Å². The van der Waals surface area contributed by atoms with Crippen LogP contribution in [0.4, 0.5) is 0 Å². The van der Waals surface area contributed by atoms with Crippen LogP contribution in [0.5, 0.6) is 0 Å². The van der Waals surface area contributed by atoms with E-state index in [9.17, 15) is 9.59 Å². The summed E-state index contributed by atoms with van der Waals surface area (Å²) in [4.78, 5) is 23.2. The standard InChI is InChI=1S/C13H18N2O4/c1-15-6-2-5-11(15)13(17)19-9-12(16)14-8-10-4-3-7-18-10/h2,5-6,10H,3-4,7-9H2,1H3,(H,14,16). The molecule has 6 nitrogen and oxygen atoms in total. The van der Waals surface area contributed by atoms with Crippen molar-refractivity contribution in [2.24, 2.45) is 7.05 Å². The van der Waals surface area contributed by atoms with Crippen molar-refractivity contribution < 1.29 is 19.1 Å². The van der Waals surface area contributed by atoms with Gasteiger partial charge in [-0.2, -0.15) is 0 Å². The number of hydrogen-bond acceptors (Lipinski definition) is 4. The molecule has 6 heteroatoms. The molecule has 1 unspecified atom stereocenters. The first-order chi connectivity index (χ1) is 9.16. The van der Waals surface area contributed by atoms with Crippen molar-refractivity contribution in [2.45, 2.75) is 18.9 Å². The van der Waals surface area contributed by atoms with Gasteiger partial charge in [0.2, 0.25) is 0 Å². The lowest BCUT2D eigenvalue weighted by Crippen LogP contribution is -2.34. The topological polar surface area (TPSA) is 69.6 Å². The lowest BCUT2D eigenvalue weighted by atomic mass is 10.2. The Bertz CT molecular complexity index is 449. The average Bonchev–Trinajstić information content (AvgIpc) is 3.04. The van der Waals surface area contributed by atoms with Gasteiger partial charge in [-0.05, 0) is 25.0 Å². The third-order valence-electron chi connectivity index (χ3n) is 3.04. The summed E-state index contributed by atoms with van der Waals surface area (Å²) < 4.78 is 12.0. The molecule has 1 amide bonds. The van der Waals surface area contributed by atoms with E-state index in [1.54, 1.807) is 29.9 Å². The average molecular weight is 266 g/mol. The van der Waals surface area contributed by atoms with Gasteiger partial charge in [0.15, 0.2) is 6.61 Å². The highest BCUT2D eigenvalue weighted by Gasteiger charge is 2.17. The molecule has 0 spiro atoms. The second-order valence-electron chi connectivity index (χ2n) is 4.52. The van der Waals surface area contributed by atoms with Crippen LogP contribution >= 0.6 is 0 Å². The highest BCUT2D eigenvalue weighted by Crippen LogP contribution is 2.10. The summed E-state index contributed by atoms with van der Waals surface area (Å²) in [6, 6.07) is 3.39. The molecular formula is C13H18N2O4. The molecule has 1 atom stereocenters. The van der Waals surface area contributed by atoms with Crippen LogP contribution in [0.3, 0.4) is 0 Å². The van der Waals surface area contributed by atoms with Crippen LogP contribution in [0, 0.1) is 0 Å². The van der Waals surface area contributed by atoms with E-state index < -0.39 is 5.97 Å². The molecule has 1 aliphatic heterocycles. The van der Waals surface area contributed by atoms with Gasteiger partial charge in [-0.3, -0.25) is 4.79 Å². The molecule has 1 aliphatic rings. The van der Waals surface area contributed by atoms with E-state index in [4.69, 9.17) is 9.47 Å². The first-order valence-electron chi connectivity index (χ1n) is 6.33. The zero-order chi connectivity index (χ0) is 13.7. The molecule has 1 aromatic heterocycles. The molecule has 1 saturated heterocycles. The summed E-state index contributed by atoms with van der Waals surface area (Å²) in [6.07, 6.45) is 3.83. The lowest BCUT2D eigenvalue weighted by molar-refractivity contribution is -0.124. The summed E-state index contributed by atoms with van der Waals surface area (Å²) in [5, 5.41) is 2.69. The van der Waals surface area contributed by atoms with Crippen LogP contribution in [0.25, 0.3) is 0 Å². The van der Waals surface area contributed by atoms with Crippen LogP contribution in [0.15, 0.2) is 18.3 Å². The van der Waals surface area contributed by atoms with Gasteiger partial charge in [-0.25, -0.2) is 4.79 Å². The summed E-state index contributed by atoms with van der Waals surface area (Å²) in [6.45, 7) is 0.959. The highest BCUT2D eigenvalue weighted by molar-refractivity contribution is 5.89. The molecule has 0 aromatic carbocycles. The van der Waals surface area contributed by atoms with Crippen LogP contribution in [-0.4, -0.2) is 42.3 Å². The Kier molecular flexibility index (Phi) is 4.57. The maximum atomic E-state index is 11.6. The lowest BCUT2D eigenvalue weighted by Gasteiger charge is -2.11. The number of aryl methyl sites for hydroxylation is 1. The Morgan fingerprint density at radius 2 is 2.42 bits per heavy atom. The Morgan fingerprint density at radius 3 is 3.05 bits per heavy atom. The number of nitrogens with zero attached hydrogens (tertiary/aromatic N) is 1. The zero-order valence-electron chi connectivity index (χ0n) is 10.9. The number of amides is 1. The van der Waals surface area contributed by atoms with Crippen LogP contribution < -0.4 is 5.32 Å². The normalized spacial score (nSPS) is 18.3. The fourth-order valence-corrected chi connectivity index (χ4v) is 1.96. The maximum absolute atomic E-state index is 11.6. The van der Waals surface area contributed by atoms with Crippen molar-refractivity contribution in [3.63, 3.8) is 0 Å². The Morgan fingerprint density at radius 1 is 1.58 bits per heavy atom. The third-order valence-corrected chi connectivity index (χ3v) is 3.04. The van der Waals surface area contributed by atoms with Gasteiger partial charge in [0.25, 0.3) is 5.91 Å². The number of carbonyl (C=O) groups excluding carboxylic acids is 2. The number of ether oxygens (including phenoxy) is 2. The van der Waals surface area contributed by atoms with Crippen molar-refractivity contribution in [1.82, 2.24) is 9.88 Å². The third kappa shape index (κ3) is 3.82. The molecular weight excluding hydrogens is 248 g/mol. The van der Waals surface area contributed by atoms with Gasteiger partial charge in [0.1, 0.15) is 5.69 Å². The van der Waals surface area contributed by atoms with Crippen LogP contribution in [0.2, 0.25) is 0 Å². The van der Waals surface area contributed by atoms with Crippen molar-refractivity contribution in [3.8, 4) is 0 Å². The number of nitrogens with one attached hydrogen (secondary N) is 1. The van der Waals surface area contributed by atoms with E-state index in [1.165, 1.54) is 0 Å². The summed E-state index contributed by atoms with van der Waals surface area (Å²) in [7, 11) is 1.74. The Balaban J connectivity index is 1.68. The van der Waals surface area contributed by atoms with E-state index in [-0.39, 0.29) is 18.6 Å². The van der Waals surface area contributed by atoms with E-state index >= 15 is 0 Å². The minimum absolute atomic E-state index is 0.0903. The van der Waals surface area contributed by atoms with Gasteiger partial charge in [0, 0.05) is 26.4 Å². The van der Waals surface area contributed by atoms with E-state index in [2.05, 4.69) is 5.32 Å². The van der Waals surface area contributed by atoms with Gasteiger partial charge < -0.3 is 19.4 Å². The minimum Gasteiger partial charge on any atom is -0.451 e. The second-order valence-corrected chi connectivity index (χ2v) is 4.52. The van der Waals surface area contributed by atoms with E-state index in [0.29, 0.717) is 12.2 Å². The number of esters is 1. The smallest absolute Gasteiger partial charge is 0.355 e. The largest absolute Gasteiger partial charge is 0.451 e. The molecule has 0 bridgehead atoms. The van der Waals surface area contributed by atoms with Crippen LogP contribution in [0.1, 0.15) is 23.3 Å². The number of aromatic nitrogens is 1. The summed E-state index contributed by atoms with van der Waals surface area (Å²) in [5.41, 5.74) is 0.423. The summed E-state index contributed by atoms with van der Waals surface area (Å²) in [5.74, 6) is -0.808. The van der Waals surface area contributed by atoms with E-state index in [1.807, 2.05) is 0 Å². The Labute approximate surface area is 111 Å². The fraction of sp³-hybridized carbons (Fsp3) is 0.538. The van der Waals surface area contributed by atoms with Crippen molar-refractivity contribution in [1.29, 1.82) is 0 Å². The van der Waals surface area contributed by atoms with Gasteiger partial charge >= 0.3 is 5.97 Å². The monoisotopic (exact) mass is 266 g/mol. The second kappa shape index (κ2) is 6.38. The molecule has 0 radical (unpaired) electrons. The molecule has 2 rings (SSSR count). The van der Waals surface area contributed by atoms with Gasteiger partial charge in [0.05, 0.1) is 6.10 Å². The predicted octanol–water partition coefficient (Wildman–Crippen LogP) is 0.477. The minimum atomic E-state index is -0.500. The van der Waals surface area contributed by atoms with Gasteiger partial charge in [-0.15, -0.1) is 0 Å². The maximum Gasteiger partial charge on any atom is 0.355 e. The number of carbonyl (C=O) groups is 2. The zero-order valence-corrected chi connectivity index (χ0v) is 10.9. The molecule has 0 saturated carbocycles. The summed E-state index contributed by atoms with van der Waals surface area (Å²) >= 11 is 0. The molecule has 0 aliphatic carbocycles. The molecule has 19 heavy (non-hydrogen) atoms. The van der Waals surface area contributed by atoms with Crippen molar-refractivity contribution >= 4 is 11.9 Å². The highest BCUT2D eigenvalue weighted by atomic mass is 16.5. The van der Waals surface area contributed by atoms with Crippen molar-refractivity contribution in [3.05, 3.63) is 24.0 Å².